The van der Waals surface area contributed by atoms with Gasteiger partial charge in [-0.05, 0) is 37.6 Å². The van der Waals surface area contributed by atoms with E-state index in [9.17, 15) is 0 Å². The molecule has 1 aromatic carbocycles. The Morgan fingerprint density at radius 3 is 2.85 bits per heavy atom. The number of benzene rings is 1. The zero-order chi connectivity index (χ0) is 14.5. The summed E-state index contributed by atoms with van der Waals surface area (Å²) in [5, 5.41) is 4.17. The van der Waals surface area contributed by atoms with Crippen LogP contribution < -0.4 is 10.2 Å². The van der Waals surface area contributed by atoms with Crippen molar-refractivity contribution in [1.82, 2.24) is 5.32 Å². The number of morpholine rings is 1. The van der Waals surface area contributed by atoms with Gasteiger partial charge in [-0.25, -0.2) is 0 Å². The molecule has 1 heterocycles. The predicted octanol–water partition coefficient (Wildman–Crippen LogP) is 3.45. The van der Waals surface area contributed by atoms with Gasteiger partial charge in [0.25, 0.3) is 0 Å². The summed E-state index contributed by atoms with van der Waals surface area (Å²) in [6.45, 7) is 9.96. The van der Waals surface area contributed by atoms with Crippen molar-refractivity contribution in [3.05, 3.63) is 28.8 Å². The van der Waals surface area contributed by atoms with Gasteiger partial charge in [-0.1, -0.05) is 31.5 Å². The van der Waals surface area contributed by atoms with Gasteiger partial charge in [0.05, 0.1) is 29.5 Å². The molecule has 2 unspecified atom stereocenters. The van der Waals surface area contributed by atoms with Gasteiger partial charge in [-0.2, -0.15) is 0 Å². The molecule has 2 atom stereocenters. The maximum Gasteiger partial charge on any atom is 0.0723 e. The Balaban J connectivity index is 2.17. The van der Waals surface area contributed by atoms with Crippen molar-refractivity contribution in [1.29, 1.82) is 0 Å². The summed E-state index contributed by atoms with van der Waals surface area (Å²) in [7, 11) is 0. The van der Waals surface area contributed by atoms with Crippen LogP contribution >= 0.6 is 11.6 Å². The van der Waals surface area contributed by atoms with Crippen LogP contribution in [0, 0.1) is 0 Å². The average molecular weight is 297 g/mol. The zero-order valence-corrected chi connectivity index (χ0v) is 13.4. The van der Waals surface area contributed by atoms with Gasteiger partial charge >= 0.3 is 0 Å². The quantitative estimate of drug-likeness (QED) is 0.901. The van der Waals surface area contributed by atoms with Gasteiger partial charge in [-0.15, -0.1) is 0 Å². The molecule has 0 aliphatic carbocycles. The fourth-order valence-corrected chi connectivity index (χ4v) is 2.95. The van der Waals surface area contributed by atoms with Crippen LogP contribution in [0.2, 0.25) is 5.02 Å². The monoisotopic (exact) mass is 296 g/mol. The lowest BCUT2D eigenvalue weighted by Crippen LogP contribution is -2.48. The summed E-state index contributed by atoms with van der Waals surface area (Å²) in [5.41, 5.74) is 2.36. The van der Waals surface area contributed by atoms with Crippen molar-refractivity contribution < 1.29 is 4.74 Å². The van der Waals surface area contributed by atoms with E-state index in [1.165, 1.54) is 5.56 Å². The molecule has 4 heteroatoms. The highest BCUT2D eigenvalue weighted by molar-refractivity contribution is 6.33. The molecule has 3 nitrogen and oxygen atoms in total. The van der Waals surface area contributed by atoms with Crippen LogP contribution in [0.15, 0.2) is 18.2 Å². The first-order chi connectivity index (χ1) is 9.65. The lowest BCUT2D eigenvalue weighted by Gasteiger charge is -2.40. The van der Waals surface area contributed by atoms with Gasteiger partial charge in [0.15, 0.2) is 0 Å². The van der Waals surface area contributed by atoms with E-state index in [0.29, 0.717) is 6.04 Å². The number of nitrogens with one attached hydrogen (secondary N) is 1. The minimum atomic E-state index is 0.260. The predicted molar refractivity (Wildman–Crippen MR) is 85.7 cm³/mol. The second-order valence-electron chi connectivity index (χ2n) is 5.42. The number of hydrogen-bond acceptors (Lipinski definition) is 3. The molecule has 1 aromatic rings. The molecule has 1 fully saturated rings. The number of anilines is 1. The Hall–Kier alpha value is -0.770. The molecule has 0 amide bonds. The van der Waals surface area contributed by atoms with Crippen molar-refractivity contribution >= 4 is 17.3 Å². The smallest absolute Gasteiger partial charge is 0.0723 e. The summed E-state index contributed by atoms with van der Waals surface area (Å²) in [5.74, 6) is 0. The summed E-state index contributed by atoms with van der Waals surface area (Å²) in [6.07, 6.45) is 1.33. The second kappa shape index (κ2) is 7.30. The van der Waals surface area contributed by atoms with Crippen LogP contribution in [0.1, 0.15) is 32.8 Å². The van der Waals surface area contributed by atoms with Crippen LogP contribution in [0.4, 0.5) is 5.69 Å². The first-order valence-corrected chi connectivity index (χ1v) is 7.90. The maximum atomic E-state index is 6.50. The van der Waals surface area contributed by atoms with Crippen molar-refractivity contribution in [3.8, 4) is 0 Å². The first-order valence-electron chi connectivity index (χ1n) is 7.53. The van der Waals surface area contributed by atoms with E-state index in [-0.39, 0.29) is 6.10 Å². The zero-order valence-electron chi connectivity index (χ0n) is 12.7. The van der Waals surface area contributed by atoms with E-state index in [1.54, 1.807) is 0 Å². The van der Waals surface area contributed by atoms with Crippen molar-refractivity contribution in [2.24, 2.45) is 0 Å². The Bertz CT molecular complexity index is 438. The number of nitrogens with zero attached hydrogens (tertiary/aromatic N) is 1. The van der Waals surface area contributed by atoms with E-state index in [2.05, 4.69) is 49.2 Å². The minimum Gasteiger partial charge on any atom is -0.375 e. The van der Waals surface area contributed by atoms with Crippen molar-refractivity contribution in [3.63, 3.8) is 0 Å². The molecule has 0 saturated carbocycles. The largest absolute Gasteiger partial charge is 0.375 e. The Labute approximate surface area is 127 Å². The molecule has 0 aromatic heterocycles. The lowest BCUT2D eigenvalue weighted by atomic mass is 10.1. The van der Waals surface area contributed by atoms with E-state index in [1.807, 2.05) is 0 Å². The highest BCUT2D eigenvalue weighted by Gasteiger charge is 2.26. The Morgan fingerprint density at radius 2 is 2.20 bits per heavy atom. The lowest BCUT2D eigenvalue weighted by molar-refractivity contribution is 0.0300. The number of ether oxygens (including phenoxy) is 1. The average Bonchev–Trinajstić information content (AvgIpc) is 2.45. The second-order valence-corrected chi connectivity index (χ2v) is 5.83. The third kappa shape index (κ3) is 3.66. The van der Waals surface area contributed by atoms with Gasteiger partial charge in [-0.3, -0.25) is 0 Å². The molecule has 1 saturated heterocycles. The SMILES string of the molecule is CCNCc1ccc(N2CC(C)OCC2CC)c(Cl)c1. The molecule has 0 radical (unpaired) electrons. The first kappa shape index (κ1) is 15.6. The Morgan fingerprint density at radius 1 is 1.40 bits per heavy atom. The molecule has 20 heavy (non-hydrogen) atoms. The number of rotatable bonds is 5. The number of hydrogen-bond donors (Lipinski definition) is 1. The van der Waals surface area contributed by atoms with Gasteiger partial charge in [0, 0.05) is 13.1 Å². The third-order valence-electron chi connectivity index (χ3n) is 3.84. The van der Waals surface area contributed by atoms with E-state index in [4.69, 9.17) is 16.3 Å². The highest BCUT2D eigenvalue weighted by atomic mass is 35.5. The van der Waals surface area contributed by atoms with Crippen molar-refractivity contribution in [2.75, 3.05) is 24.6 Å². The molecular weight excluding hydrogens is 272 g/mol. The van der Waals surface area contributed by atoms with Crippen LogP contribution in [-0.2, 0) is 11.3 Å². The van der Waals surface area contributed by atoms with E-state index in [0.717, 1.165) is 43.4 Å². The number of halogens is 1. The highest BCUT2D eigenvalue weighted by Crippen LogP contribution is 2.31. The summed E-state index contributed by atoms with van der Waals surface area (Å²) < 4.78 is 5.76. The standard InChI is InChI=1S/C16H25ClN2O/c1-4-14-11-20-12(3)10-19(14)16-7-6-13(8-15(16)17)9-18-5-2/h6-8,12,14,18H,4-5,9-11H2,1-3H3. The fraction of sp³-hybridized carbons (Fsp3) is 0.625. The summed E-state index contributed by atoms with van der Waals surface area (Å²) >= 11 is 6.50. The molecule has 112 valence electrons. The van der Waals surface area contributed by atoms with Crippen LogP contribution in [0.25, 0.3) is 0 Å². The molecule has 1 aliphatic rings. The molecule has 0 bridgehead atoms. The topological polar surface area (TPSA) is 24.5 Å². The van der Waals surface area contributed by atoms with Gasteiger partial charge in [0.1, 0.15) is 0 Å². The Kier molecular flexibility index (Phi) is 5.70. The molecular formula is C16H25ClN2O. The van der Waals surface area contributed by atoms with E-state index < -0.39 is 0 Å². The molecule has 1 N–H and O–H groups in total. The summed E-state index contributed by atoms with van der Waals surface area (Å²) in [4.78, 5) is 2.40. The third-order valence-corrected chi connectivity index (χ3v) is 4.14. The maximum absolute atomic E-state index is 6.50. The minimum absolute atomic E-state index is 0.260. The normalized spacial score (nSPS) is 23.1. The van der Waals surface area contributed by atoms with Gasteiger partial charge in [0.2, 0.25) is 0 Å². The molecule has 1 aliphatic heterocycles. The molecule has 0 spiro atoms. The fourth-order valence-electron chi connectivity index (χ4n) is 2.64. The van der Waals surface area contributed by atoms with Gasteiger partial charge < -0.3 is 15.0 Å². The van der Waals surface area contributed by atoms with E-state index >= 15 is 0 Å². The van der Waals surface area contributed by atoms with Crippen molar-refractivity contribution in [2.45, 2.75) is 45.9 Å². The molecule has 2 rings (SSSR count). The summed E-state index contributed by atoms with van der Waals surface area (Å²) in [6, 6.07) is 6.81. The van der Waals surface area contributed by atoms with Crippen LogP contribution in [0.5, 0.6) is 0 Å². The van der Waals surface area contributed by atoms with Crippen LogP contribution in [0.3, 0.4) is 0 Å². The van der Waals surface area contributed by atoms with Crippen LogP contribution in [-0.4, -0.2) is 31.8 Å².